The predicted molar refractivity (Wildman–Crippen MR) is 93.1 cm³/mol. The highest BCUT2D eigenvalue weighted by Crippen LogP contribution is 2.36. The van der Waals surface area contributed by atoms with Gasteiger partial charge in [0.15, 0.2) is 0 Å². The molecule has 4 aromatic rings. The Balaban J connectivity index is 2.36. The molecule has 4 rings (SSSR count). The second-order valence-electron chi connectivity index (χ2n) is 5.73. The summed E-state index contributed by atoms with van der Waals surface area (Å²) in [5.41, 5.74) is -2.03. The number of phenols is 1. The van der Waals surface area contributed by atoms with Gasteiger partial charge in [0, 0.05) is 16.2 Å². The van der Waals surface area contributed by atoms with E-state index >= 15 is 0 Å². The van der Waals surface area contributed by atoms with Gasteiger partial charge in [0.05, 0.1) is 5.39 Å². The molecular formula is C19H10O7. The molecule has 1 aromatic heterocycles. The zero-order chi connectivity index (χ0) is 18.6. The van der Waals surface area contributed by atoms with Gasteiger partial charge >= 0.3 is 17.6 Å². The maximum Gasteiger partial charge on any atom is 0.344 e. The number of benzene rings is 3. The minimum absolute atomic E-state index is 0.0583. The normalized spacial score (nSPS) is 11.2. The van der Waals surface area contributed by atoms with Crippen molar-refractivity contribution in [2.24, 2.45) is 0 Å². The summed E-state index contributed by atoms with van der Waals surface area (Å²) >= 11 is 0. The maximum absolute atomic E-state index is 12.5. The lowest BCUT2D eigenvalue weighted by Crippen LogP contribution is -2.10. The van der Waals surface area contributed by atoms with E-state index in [0.29, 0.717) is 10.8 Å². The first-order chi connectivity index (χ1) is 12.4. The van der Waals surface area contributed by atoms with Crippen molar-refractivity contribution in [3.05, 3.63) is 64.0 Å². The van der Waals surface area contributed by atoms with Crippen molar-refractivity contribution >= 4 is 44.5 Å². The molecule has 0 aliphatic rings. The van der Waals surface area contributed by atoms with E-state index in [4.69, 9.17) is 4.42 Å². The molecule has 0 fully saturated rings. The third-order valence-corrected chi connectivity index (χ3v) is 4.31. The molecular weight excluding hydrogens is 340 g/mol. The van der Waals surface area contributed by atoms with Crippen LogP contribution in [0.4, 0.5) is 0 Å². The maximum atomic E-state index is 12.5. The van der Waals surface area contributed by atoms with Crippen LogP contribution in [-0.2, 0) is 0 Å². The molecule has 0 aliphatic carbocycles. The molecule has 0 amide bonds. The zero-order valence-electron chi connectivity index (χ0n) is 13.0. The summed E-state index contributed by atoms with van der Waals surface area (Å²) in [7, 11) is 0. The highest BCUT2D eigenvalue weighted by Gasteiger charge is 2.25. The quantitative estimate of drug-likeness (QED) is 0.374. The van der Waals surface area contributed by atoms with Gasteiger partial charge in [-0.2, -0.15) is 0 Å². The Bertz CT molecular complexity index is 1310. The lowest BCUT2D eigenvalue weighted by atomic mass is 9.96. The highest BCUT2D eigenvalue weighted by atomic mass is 16.4. The topological polar surface area (TPSA) is 125 Å². The molecule has 0 aliphatic heterocycles. The number of hydrogen-bond acceptors (Lipinski definition) is 5. The van der Waals surface area contributed by atoms with Crippen molar-refractivity contribution < 1.29 is 29.3 Å². The monoisotopic (exact) mass is 350 g/mol. The van der Waals surface area contributed by atoms with Crippen LogP contribution in [0, 0.1) is 0 Å². The van der Waals surface area contributed by atoms with Crippen molar-refractivity contribution in [1.29, 1.82) is 0 Å². The lowest BCUT2D eigenvalue weighted by molar-refractivity contribution is 0.0693. The summed E-state index contributed by atoms with van der Waals surface area (Å²) in [6, 6.07) is 11.3. The smallest absolute Gasteiger partial charge is 0.344 e. The number of carbonyl (C=O) groups is 2. The van der Waals surface area contributed by atoms with Crippen molar-refractivity contribution in [2.45, 2.75) is 0 Å². The molecule has 0 spiro atoms. The number of hydrogen-bond donors (Lipinski definition) is 3. The van der Waals surface area contributed by atoms with Crippen molar-refractivity contribution in [2.75, 3.05) is 0 Å². The lowest BCUT2D eigenvalue weighted by Gasteiger charge is -2.11. The largest absolute Gasteiger partial charge is 0.506 e. The van der Waals surface area contributed by atoms with Crippen LogP contribution < -0.4 is 5.63 Å². The average molecular weight is 350 g/mol. The van der Waals surface area contributed by atoms with Gasteiger partial charge in [-0.15, -0.1) is 0 Å². The van der Waals surface area contributed by atoms with E-state index in [1.54, 1.807) is 30.3 Å². The van der Waals surface area contributed by atoms with Gasteiger partial charge in [0.2, 0.25) is 0 Å². The van der Waals surface area contributed by atoms with Gasteiger partial charge < -0.3 is 19.7 Å². The third-order valence-electron chi connectivity index (χ3n) is 4.31. The molecule has 3 aromatic carbocycles. The average Bonchev–Trinajstić information content (AvgIpc) is 2.60. The number of fused-ring (bicyclic) bond motifs is 5. The summed E-state index contributed by atoms with van der Waals surface area (Å²) in [6.45, 7) is 0. The van der Waals surface area contributed by atoms with Gasteiger partial charge in [-0.25, -0.2) is 14.4 Å². The van der Waals surface area contributed by atoms with Gasteiger partial charge in [0.25, 0.3) is 0 Å². The Kier molecular flexibility index (Phi) is 3.20. The first kappa shape index (κ1) is 15.6. The summed E-state index contributed by atoms with van der Waals surface area (Å²) in [5.74, 6) is -4.00. The molecule has 26 heavy (non-hydrogen) atoms. The minimum atomic E-state index is -1.55. The van der Waals surface area contributed by atoms with E-state index in [1.807, 2.05) is 6.07 Å². The van der Waals surface area contributed by atoms with Crippen molar-refractivity contribution in [3.8, 4) is 5.75 Å². The van der Waals surface area contributed by atoms with Crippen LogP contribution >= 0.6 is 0 Å². The SMILES string of the molecule is O=C(O)c1cc2c(=O)oc3c4ccccc4ccc3c2c(C(=O)O)c1O. The number of carboxylic acids is 2. The fraction of sp³-hybridized carbons (Fsp3) is 0. The Labute approximate surface area is 144 Å². The Morgan fingerprint density at radius 3 is 2.31 bits per heavy atom. The van der Waals surface area contributed by atoms with Crippen LogP contribution in [0.5, 0.6) is 5.75 Å². The summed E-state index contributed by atoms with van der Waals surface area (Å²) in [4.78, 5) is 35.5. The second kappa shape index (κ2) is 5.32. The molecule has 7 nitrogen and oxygen atoms in total. The molecule has 0 bridgehead atoms. The molecule has 7 heteroatoms. The van der Waals surface area contributed by atoms with Crippen LogP contribution in [0.1, 0.15) is 20.7 Å². The van der Waals surface area contributed by atoms with Crippen LogP contribution in [-0.4, -0.2) is 27.3 Å². The van der Waals surface area contributed by atoms with Gasteiger partial charge in [-0.05, 0) is 17.5 Å². The van der Waals surface area contributed by atoms with E-state index < -0.39 is 34.4 Å². The number of rotatable bonds is 2. The summed E-state index contributed by atoms with van der Waals surface area (Å²) in [5, 5.41) is 30.3. The molecule has 3 N–H and O–H groups in total. The predicted octanol–water partition coefficient (Wildman–Crippen LogP) is 3.20. The van der Waals surface area contributed by atoms with Crippen LogP contribution in [0.15, 0.2) is 51.7 Å². The van der Waals surface area contributed by atoms with Crippen LogP contribution in [0.2, 0.25) is 0 Å². The first-order valence-electron chi connectivity index (χ1n) is 7.51. The molecule has 0 saturated carbocycles. The molecule has 128 valence electrons. The van der Waals surface area contributed by atoms with E-state index in [-0.39, 0.29) is 16.4 Å². The van der Waals surface area contributed by atoms with E-state index in [9.17, 15) is 29.7 Å². The fourth-order valence-corrected chi connectivity index (χ4v) is 3.18. The molecule has 0 saturated heterocycles. The van der Waals surface area contributed by atoms with Crippen LogP contribution in [0.25, 0.3) is 32.5 Å². The molecule has 0 radical (unpaired) electrons. The molecule has 1 heterocycles. The molecule has 0 unspecified atom stereocenters. The zero-order valence-corrected chi connectivity index (χ0v) is 13.0. The van der Waals surface area contributed by atoms with Gasteiger partial charge in [-0.3, -0.25) is 0 Å². The number of carboxylic acid groups (broad SMARTS) is 2. The number of aromatic hydroxyl groups is 1. The molecule has 0 atom stereocenters. The fourth-order valence-electron chi connectivity index (χ4n) is 3.18. The summed E-state index contributed by atoms with van der Waals surface area (Å²) < 4.78 is 5.37. The standard InChI is InChI=1S/C19H10O7/c20-15-12(17(21)22)7-11-13(14(15)18(23)24)10-6-5-8-3-1-2-4-9(8)16(10)26-19(11)25/h1-7,20H,(H,21,22)(H,23,24). The van der Waals surface area contributed by atoms with Gasteiger partial charge in [-0.1, -0.05) is 30.3 Å². The highest BCUT2D eigenvalue weighted by molar-refractivity contribution is 6.21. The Hall–Kier alpha value is -3.87. The van der Waals surface area contributed by atoms with E-state index in [2.05, 4.69) is 0 Å². The summed E-state index contributed by atoms with van der Waals surface area (Å²) in [6.07, 6.45) is 0. The van der Waals surface area contributed by atoms with Gasteiger partial charge in [0.1, 0.15) is 22.5 Å². The number of aromatic carboxylic acids is 2. The van der Waals surface area contributed by atoms with E-state index in [0.717, 1.165) is 11.5 Å². The van der Waals surface area contributed by atoms with Crippen molar-refractivity contribution in [1.82, 2.24) is 0 Å². The minimum Gasteiger partial charge on any atom is -0.506 e. The Morgan fingerprint density at radius 1 is 0.885 bits per heavy atom. The second-order valence-corrected chi connectivity index (χ2v) is 5.73. The van der Waals surface area contributed by atoms with Crippen molar-refractivity contribution in [3.63, 3.8) is 0 Å². The first-order valence-corrected chi connectivity index (χ1v) is 7.51. The third kappa shape index (κ3) is 2.04. The van der Waals surface area contributed by atoms with Crippen LogP contribution in [0.3, 0.4) is 0 Å². The Morgan fingerprint density at radius 2 is 1.62 bits per heavy atom. The van der Waals surface area contributed by atoms with E-state index in [1.165, 1.54) is 0 Å².